The van der Waals surface area contributed by atoms with Crippen LogP contribution in [0.1, 0.15) is 64.2 Å². The van der Waals surface area contributed by atoms with Crippen LogP contribution in [0.15, 0.2) is 18.2 Å². The van der Waals surface area contributed by atoms with Crippen molar-refractivity contribution in [2.24, 2.45) is 5.73 Å². The van der Waals surface area contributed by atoms with Crippen molar-refractivity contribution in [1.29, 1.82) is 0 Å². The molecule has 0 saturated heterocycles. The molecule has 0 saturated carbocycles. The predicted octanol–water partition coefficient (Wildman–Crippen LogP) is 4.22. The molecule has 22 heavy (non-hydrogen) atoms. The molecule has 0 heterocycles. The smallest absolute Gasteiger partial charge is 0.405 e. The molecule has 1 aromatic carbocycles. The summed E-state index contributed by atoms with van der Waals surface area (Å²) in [5, 5.41) is 11.0. The number of hydrogen-bond acceptors (Lipinski definition) is 4. The number of primary amides is 1. The number of nitro groups is 1. The van der Waals surface area contributed by atoms with Gasteiger partial charge in [0.1, 0.15) is 6.10 Å². The van der Waals surface area contributed by atoms with E-state index in [9.17, 15) is 14.9 Å². The molecule has 1 rings (SSSR count). The van der Waals surface area contributed by atoms with Gasteiger partial charge in [-0.25, -0.2) is 4.79 Å². The molecule has 1 amide bonds. The SMILES string of the molecule is CCCCC(OC(N)=O)c1cc([N+](=O)[O-])ccc1C(C)(C)C. The Morgan fingerprint density at radius 2 is 2.05 bits per heavy atom. The van der Waals surface area contributed by atoms with Crippen molar-refractivity contribution in [3.05, 3.63) is 39.4 Å². The maximum absolute atomic E-state index is 11.2. The van der Waals surface area contributed by atoms with Crippen LogP contribution in [0.3, 0.4) is 0 Å². The number of nitro benzene ring substituents is 1. The van der Waals surface area contributed by atoms with Crippen LogP contribution in [0, 0.1) is 10.1 Å². The summed E-state index contributed by atoms with van der Waals surface area (Å²) in [5.74, 6) is 0. The van der Waals surface area contributed by atoms with Crippen molar-refractivity contribution in [3.8, 4) is 0 Å². The number of rotatable bonds is 6. The monoisotopic (exact) mass is 308 g/mol. The van der Waals surface area contributed by atoms with Gasteiger partial charge in [0.05, 0.1) is 4.92 Å². The van der Waals surface area contributed by atoms with Gasteiger partial charge in [-0.2, -0.15) is 0 Å². The molecule has 0 bridgehead atoms. The fourth-order valence-corrected chi connectivity index (χ4v) is 2.42. The van der Waals surface area contributed by atoms with Crippen molar-refractivity contribution in [2.45, 2.75) is 58.5 Å². The minimum Gasteiger partial charge on any atom is -0.441 e. The summed E-state index contributed by atoms with van der Waals surface area (Å²) >= 11 is 0. The molecule has 0 aliphatic heterocycles. The largest absolute Gasteiger partial charge is 0.441 e. The van der Waals surface area contributed by atoms with Crippen LogP contribution >= 0.6 is 0 Å². The molecule has 6 heteroatoms. The lowest BCUT2D eigenvalue weighted by Gasteiger charge is -2.27. The van der Waals surface area contributed by atoms with Crippen LogP contribution in [0.25, 0.3) is 0 Å². The molecule has 0 spiro atoms. The highest BCUT2D eigenvalue weighted by Gasteiger charge is 2.27. The summed E-state index contributed by atoms with van der Waals surface area (Å²) in [6.45, 7) is 8.07. The quantitative estimate of drug-likeness (QED) is 0.628. The van der Waals surface area contributed by atoms with E-state index in [0.717, 1.165) is 18.4 Å². The van der Waals surface area contributed by atoms with Gasteiger partial charge in [-0.1, -0.05) is 40.2 Å². The normalized spacial score (nSPS) is 12.7. The zero-order valence-corrected chi connectivity index (χ0v) is 13.6. The first-order valence-electron chi connectivity index (χ1n) is 7.41. The molecular formula is C16H24N2O4. The number of benzene rings is 1. The summed E-state index contributed by atoms with van der Waals surface area (Å²) in [6, 6.07) is 4.70. The van der Waals surface area contributed by atoms with E-state index in [2.05, 4.69) is 0 Å². The number of ether oxygens (including phenoxy) is 1. The fraction of sp³-hybridized carbons (Fsp3) is 0.562. The Morgan fingerprint density at radius 1 is 1.41 bits per heavy atom. The zero-order valence-electron chi connectivity index (χ0n) is 13.6. The van der Waals surface area contributed by atoms with Gasteiger partial charge in [0, 0.05) is 17.7 Å². The first-order chi connectivity index (χ1) is 10.2. The summed E-state index contributed by atoms with van der Waals surface area (Å²) < 4.78 is 5.23. The number of hydrogen-bond donors (Lipinski definition) is 1. The third-order valence-corrected chi connectivity index (χ3v) is 3.48. The predicted molar refractivity (Wildman–Crippen MR) is 84.7 cm³/mol. The molecule has 0 aromatic heterocycles. The minimum absolute atomic E-state index is 0.0161. The highest BCUT2D eigenvalue weighted by molar-refractivity contribution is 5.65. The molecule has 0 radical (unpaired) electrons. The summed E-state index contributed by atoms with van der Waals surface area (Å²) in [7, 11) is 0. The van der Waals surface area contributed by atoms with E-state index in [1.54, 1.807) is 6.07 Å². The lowest BCUT2D eigenvalue weighted by molar-refractivity contribution is -0.385. The Labute approximate surface area is 130 Å². The Morgan fingerprint density at radius 3 is 2.50 bits per heavy atom. The van der Waals surface area contributed by atoms with Crippen LogP contribution in [-0.2, 0) is 10.2 Å². The molecule has 122 valence electrons. The van der Waals surface area contributed by atoms with Gasteiger partial charge in [-0.05, 0) is 23.8 Å². The average Bonchev–Trinajstić information content (AvgIpc) is 2.41. The van der Waals surface area contributed by atoms with E-state index < -0.39 is 17.1 Å². The fourth-order valence-electron chi connectivity index (χ4n) is 2.42. The van der Waals surface area contributed by atoms with Crippen LogP contribution in [0.2, 0.25) is 0 Å². The number of non-ortho nitro benzene ring substituents is 1. The van der Waals surface area contributed by atoms with Crippen molar-refractivity contribution < 1.29 is 14.5 Å². The molecule has 0 aliphatic carbocycles. The zero-order chi connectivity index (χ0) is 16.9. The number of unbranched alkanes of at least 4 members (excludes halogenated alkanes) is 1. The van der Waals surface area contributed by atoms with Gasteiger partial charge in [0.15, 0.2) is 0 Å². The van der Waals surface area contributed by atoms with E-state index in [4.69, 9.17) is 10.5 Å². The van der Waals surface area contributed by atoms with Gasteiger partial charge in [-0.3, -0.25) is 10.1 Å². The summed E-state index contributed by atoms with van der Waals surface area (Å²) in [6.07, 6.45) is 0.922. The Balaban J connectivity index is 3.37. The maximum Gasteiger partial charge on any atom is 0.405 e. The van der Waals surface area contributed by atoms with Crippen molar-refractivity contribution >= 4 is 11.8 Å². The second-order valence-corrected chi connectivity index (χ2v) is 6.35. The van der Waals surface area contributed by atoms with Crippen molar-refractivity contribution in [3.63, 3.8) is 0 Å². The van der Waals surface area contributed by atoms with Gasteiger partial charge >= 0.3 is 6.09 Å². The lowest BCUT2D eigenvalue weighted by Crippen LogP contribution is -2.22. The Hall–Kier alpha value is -2.11. The van der Waals surface area contributed by atoms with Crippen LogP contribution in [-0.4, -0.2) is 11.0 Å². The third kappa shape index (κ3) is 4.72. The topological polar surface area (TPSA) is 95.5 Å². The van der Waals surface area contributed by atoms with Crippen molar-refractivity contribution in [2.75, 3.05) is 0 Å². The van der Waals surface area contributed by atoms with E-state index in [1.807, 2.05) is 27.7 Å². The van der Waals surface area contributed by atoms with E-state index >= 15 is 0 Å². The molecular weight excluding hydrogens is 284 g/mol. The minimum atomic E-state index is -0.868. The van der Waals surface area contributed by atoms with Crippen LogP contribution in [0.4, 0.5) is 10.5 Å². The first-order valence-corrected chi connectivity index (χ1v) is 7.41. The number of amides is 1. The van der Waals surface area contributed by atoms with Crippen LogP contribution < -0.4 is 5.73 Å². The third-order valence-electron chi connectivity index (χ3n) is 3.48. The second kappa shape index (κ2) is 7.24. The molecule has 1 atom stereocenters. The lowest BCUT2D eigenvalue weighted by atomic mass is 9.81. The maximum atomic E-state index is 11.2. The summed E-state index contributed by atoms with van der Waals surface area (Å²) in [4.78, 5) is 21.8. The molecule has 0 fully saturated rings. The second-order valence-electron chi connectivity index (χ2n) is 6.35. The van der Waals surface area contributed by atoms with Crippen LogP contribution in [0.5, 0.6) is 0 Å². The highest BCUT2D eigenvalue weighted by atomic mass is 16.6. The standard InChI is InChI=1S/C16H24N2O4/c1-5-6-7-14(22-15(17)19)12-10-11(18(20)21)8-9-13(12)16(2,3)4/h8-10,14H,5-7H2,1-4H3,(H2,17,19). The number of nitrogens with zero attached hydrogens (tertiary/aromatic N) is 1. The van der Waals surface area contributed by atoms with E-state index in [0.29, 0.717) is 12.0 Å². The molecule has 0 aliphatic rings. The van der Waals surface area contributed by atoms with Gasteiger partial charge < -0.3 is 10.5 Å². The Kier molecular flexibility index (Phi) is 5.91. The van der Waals surface area contributed by atoms with Gasteiger partial charge in [0.25, 0.3) is 5.69 Å². The van der Waals surface area contributed by atoms with Crippen molar-refractivity contribution in [1.82, 2.24) is 0 Å². The van der Waals surface area contributed by atoms with Gasteiger partial charge in [-0.15, -0.1) is 0 Å². The van der Waals surface area contributed by atoms with E-state index in [1.165, 1.54) is 12.1 Å². The Bertz CT molecular complexity index is 550. The first kappa shape index (κ1) is 17.9. The number of carbonyl (C=O) groups excluding carboxylic acids is 1. The van der Waals surface area contributed by atoms with Gasteiger partial charge in [0.2, 0.25) is 0 Å². The van der Waals surface area contributed by atoms with E-state index in [-0.39, 0.29) is 11.1 Å². The highest BCUT2D eigenvalue weighted by Crippen LogP contribution is 2.36. The molecule has 6 nitrogen and oxygen atoms in total. The molecule has 1 unspecified atom stereocenters. The number of nitrogens with two attached hydrogens (primary N) is 1. The average molecular weight is 308 g/mol. The molecule has 2 N–H and O–H groups in total. The number of carbonyl (C=O) groups is 1. The summed E-state index contributed by atoms with van der Waals surface area (Å²) in [5.41, 5.74) is 6.50. The molecule has 1 aromatic rings.